The van der Waals surface area contributed by atoms with Crippen LogP contribution in [0.2, 0.25) is 51.0 Å². The van der Waals surface area contributed by atoms with Crippen molar-refractivity contribution >= 4 is 128 Å². The summed E-state index contributed by atoms with van der Waals surface area (Å²) in [6, 6.07) is 10.4. The molecule has 0 bridgehead atoms. The molecule has 5 aromatic rings. The molecule has 0 fully saturated rings. The van der Waals surface area contributed by atoms with E-state index in [1.54, 1.807) is 24.3 Å². The molecule has 0 aliphatic carbocycles. The number of hydrogen-bond acceptors (Lipinski definition) is 10. The summed E-state index contributed by atoms with van der Waals surface area (Å²) < 4.78 is 0. The lowest BCUT2D eigenvalue weighted by atomic mass is 10.1. The van der Waals surface area contributed by atoms with Gasteiger partial charge in [0.2, 0.25) is 0 Å². The molecule has 0 saturated carbocycles. The van der Waals surface area contributed by atoms with Crippen molar-refractivity contribution in [1.29, 1.82) is 0 Å². The summed E-state index contributed by atoms with van der Waals surface area (Å²) >= 11 is 57.9. The molecule has 10 nitrogen and oxygen atoms in total. The zero-order chi connectivity index (χ0) is 36.8. The topological polar surface area (TPSA) is 126 Å². The summed E-state index contributed by atoms with van der Waals surface area (Å²) in [5.41, 5.74) is 8.46. The van der Waals surface area contributed by atoms with Crippen molar-refractivity contribution in [2.75, 3.05) is 0 Å². The molecule has 3 heterocycles. The molecule has 0 aliphatic heterocycles. The average Bonchev–Trinajstić information content (AvgIpc) is 3.03. The number of hydrazone groups is 2. The normalized spacial score (nSPS) is 12.1. The van der Waals surface area contributed by atoms with E-state index < -0.39 is 0 Å². The number of halogens is 10. The minimum atomic E-state index is -0.106. The summed E-state index contributed by atoms with van der Waals surface area (Å²) in [4.78, 5) is 23.1. The van der Waals surface area contributed by atoms with Gasteiger partial charge in [0.1, 0.15) is 32.0 Å². The minimum Gasteiger partial charge on any atom is -0.303 e. The summed E-state index contributed by atoms with van der Waals surface area (Å²) in [5.74, 6) is 0. The van der Waals surface area contributed by atoms with Crippen molar-refractivity contribution in [3.8, 4) is 0 Å². The van der Waals surface area contributed by atoms with E-state index in [0.29, 0.717) is 41.8 Å². The maximum absolute atomic E-state index is 6.13. The van der Waals surface area contributed by atoms with Crippen molar-refractivity contribution in [2.24, 2.45) is 10.2 Å². The largest absolute Gasteiger partial charge is 0.303 e. The van der Waals surface area contributed by atoms with Gasteiger partial charge in [0.15, 0.2) is 10.3 Å². The van der Waals surface area contributed by atoms with Crippen LogP contribution in [-0.4, -0.2) is 42.3 Å². The molecule has 2 unspecified atom stereocenters. The monoisotopic (exact) mass is 872 g/mol. The molecule has 0 saturated heterocycles. The number of rotatable bonds is 8. The molecule has 3 aromatic heterocycles. The summed E-state index contributed by atoms with van der Waals surface area (Å²) in [7, 11) is 0. The highest BCUT2D eigenvalue weighted by molar-refractivity contribution is 6.36. The Morgan fingerprint density at radius 2 is 0.920 bits per heavy atom. The van der Waals surface area contributed by atoms with Gasteiger partial charge in [0, 0.05) is 20.1 Å². The van der Waals surface area contributed by atoms with Crippen LogP contribution in [0.3, 0.4) is 0 Å². The lowest BCUT2D eigenvalue weighted by Gasteiger charge is -2.13. The van der Waals surface area contributed by atoms with E-state index in [9.17, 15) is 0 Å². The lowest BCUT2D eigenvalue weighted by Crippen LogP contribution is -2.13. The molecule has 0 radical (unpaired) electrons. The van der Waals surface area contributed by atoms with Crippen LogP contribution in [0.5, 0.6) is 0 Å². The maximum Gasteiger partial charge on any atom is 0.158 e. The average molecular weight is 877 g/mol. The molecule has 262 valence electrons. The van der Waals surface area contributed by atoms with Crippen molar-refractivity contribution in [1.82, 2.24) is 40.8 Å². The zero-order valence-corrected chi connectivity index (χ0v) is 33.0. The maximum atomic E-state index is 6.13. The number of nitrogens with zero attached hydrogens (tertiary/aromatic N) is 8. The highest BCUT2D eigenvalue weighted by Gasteiger charge is 2.10. The van der Waals surface area contributed by atoms with E-state index in [0.717, 1.165) is 11.1 Å². The second-order valence-corrected chi connectivity index (χ2v) is 13.4. The van der Waals surface area contributed by atoms with Gasteiger partial charge in [0.05, 0.1) is 49.3 Å². The van der Waals surface area contributed by atoms with Crippen LogP contribution in [0.15, 0.2) is 71.4 Å². The molecular formula is C30H22Cl10N10. The third-order valence-corrected chi connectivity index (χ3v) is 8.21. The Kier molecular flexibility index (Phi) is 17.7. The van der Waals surface area contributed by atoms with Crippen LogP contribution >= 0.6 is 116 Å². The Labute approximate surface area is 337 Å². The summed E-state index contributed by atoms with van der Waals surface area (Å²) in [6.07, 6.45) is 8.57. The first kappa shape index (κ1) is 41.9. The first-order chi connectivity index (χ1) is 23.7. The first-order valence-electron chi connectivity index (χ1n) is 13.7. The Bertz CT molecular complexity index is 1810. The zero-order valence-electron chi connectivity index (χ0n) is 25.4. The Hall–Kier alpha value is -2.48. The van der Waals surface area contributed by atoms with Gasteiger partial charge in [-0.05, 0) is 49.2 Å². The molecule has 0 spiro atoms. The van der Waals surface area contributed by atoms with E-state index in [1.807, 2.05) is 26.0 Å². The van der Waals surface area contributed by atoms with Gasteiger partial charge < -0.3 is 10.9 Å². The van der Waals surface area contributed by atoms with Gasteiger partial charge in [-0.1, -0.05) is 128 Å². The summed E-state index contributed by atoms with van der Waals surface area (Å²) in [6.45, 7) is 3.84. The van der Waals surface area contributed by atoms with E-state index in [2.05, 4.69) is 51.0 Å². The minimum absolute atomic E-state index is 0.106. The van der Waals surface area contributed by atoms with Crippen LogP contribution in [0, 0.1) is 0 Å². The van der Waals surface area contributed by atoms with Crippen molar-refractivity contribution in [2.45, 2.75) is 25.9 Å². The van der Waals surface area contributed by atoms with Crippen LogP contribution < -0.4 is 10.9 Å². The Balaban J connectivity index is 0.000000222. The molecule has 2 atom stereocenters. The molecule has 5 rings (SSSR count). The van der Waals surface area contributed by atoms with Crippen molar-refractivity contribution in [3.05, 3.63) is 135 Å². The molecule has 2 N–H and O–H groups in total. The fraction of sp³-hybridized carbons (Fsp3) is 0.133. The quantitative estimate of drug-likeness (QED) is 0.117. The van der Waals surface area contributed by atoms with Crippen molar-refractivity contribution < 1.29 is 0 Å². The van der Waals surface area contributed by atoms with Crippen LogP contribution in [0.4, 0.5) is 0 Å². The van der Waals surface area contributed by atoms with E-state index in [-0.39, 0.29) is 32.7 Å². The van der Waals surface area contributed by atoms with E-state index >= 15 is 0 Å². The predicted molar refractivity (Wildman–Crippen MR) is 207 cm³/mol. The Morgan fingerprint density at radius 3 is 1.24 bits per heavy atom. The van der Waals surface area contributed by atoms with Gasteiger partial charge in [0.25, 0.3) is 0 Å². The van der Waals surface area contributed by atoms with Crippen LogP contribution in [-0.2, 0) is 0 Å². The van der Waals surface area contributed by atoms with Gasteiger partial charge in [-0.3, -0.25) is 4.98 Å². The molecule has 0 aliphatic rings. The third-order valence-electron chi connectivity index (χ3n) is 5.80. The molecule has 20 heteroatoms. The molecule has 50 heavy (non-hydrogen) atoms. The van der Waals surface area contributed by atoms with Gasteiger partial charge >= 0.3 is 0 Å². The highest BCUT2D eigenvalue weighted by atomic mass is 35.5. The van der Waals surface area contributed by atoms with Crippen LogP contribution in [0.25, 0.3) is 0 Å². The van der Waals surface area contributed by atoms with Gasteiger partial charge in [-0.25, -0.2) is 24.9 Å². The van der Waals surface area contributed by atoms with Gasteiger partial charge in [-0.15, -0.1) is 0 Å². The fourth-order valence-electron chi connectivity index (χ4n) is 3.47. The van der Waals surface area contributed by atoms with Crippen molar-refractivity contribution in [3.63, 3.8) is 0 Å². The first-order valence-corrected chi connectivity index (χ1v) is 17.5. The molecular weight excluding hydrogens is 855 g/mol. The Morgan fingerprint density at radius 1 is 0.540 bits per heavy atom. The number of nitrogens with one attached hydrogen (secondary N) is 2. The molecule has 0 amide bonds. The number of hydrogen-bond donors (Lipinski definition) is 2. The number of aromatic nitrogens is 6. The smallest absolute Gasteiger partial charge is 0.158 e. The highest BCUT2D eigenvalue weighted by Crippen LogP contribution is 2.27. The third kappa shape index (κ3) is 14.3. The second kappa shape index (κ2) is 21.1. The standard InChI is InChI=1S/2C13H10Cl4N4.C4H2Cl2N2/c2*1-7(9-3-2-8(14)4-10(9)15)21-19-5-11-13(17)20-12(16)6-18-11;5-3-1-7-2-4(6)8-3/h2*2-7,21H,1H3;1-2H/b19-5+;19-5-;. The van der Waals surface area contributed by atoms with Gasteiger partial charge in [-0.2, -0.15) is 10.2 Å². The summed E-state index contributed by atoms with van der Waals surface area (Å²) in [5, 5.41) is 11.9. The molecule has 2 aromatic carbocycles. The van der Waals surface area contributed by atoms with E-state index in [4.69, 9.17) is 116 Å². The fourth-order valence-corrected chi connectivity index (χ4v) is 5.68. The second-order valence-electron chi connectivity index (χ2n) is 9.45. The predicted octanol–water partition coefficient (Wildman–Crippen LogP) is 11.3. The SMILES string of the molecule is CC(N/N=C/c1ncc(Cl)nc1Cl)c1ccc(Cl)cc1Cl.CC(N/N=C\c1ncc(Cl)nc1Cl)c1ccc(Cl)cc1Cl.Clc1cncc(Cl)n1. The number of benzene rings is 2. The van der Waals surface area contributed by atoms with Crippen LogP contribution in [0.1, 0.15) is 48.4 Å². The van der Waals surface area contributed by atoms with E-state index in [1.165, 1.54) is 37.2 Å². The lowest BCUT2D eigenvalue weighted by molar-refractivity contribution is 0.607.